The number of nitrogens with one attached hydrogen (secondary N) is 1. The van der Waals surface area contributed by atoms with E-state index in [0.29, 0.717) is 25.4 Å². The van der Waals surface area contributed by atoms with Gasteiger partial charge in [0.1, 0.15) is 12.7 Å². The van der Waals surface area contributed by atoms with Gasteiger partial charge in [0.25, 0.3) is 0 Å². The quantitative estimate of drug-likeness (QED) is 0.738. The first-order chi connectivity index (χ1) is 15.0. The van der Waals surface area contributed by atoms with Crippen LogP contribution >= 0.6 is 0 Å². The van der Waals surface area contributed by atoms with Crippen LogP contribution in [-0.4, -0.2) is 78.9 Å². The number of rotatable bonds is 6. The van der Waals surface area contributed by atoms with Gasteiger partial charge in [-0.05, 0) is 37.1 Å². The van der Waals surface area contributed by atoms with Crippen LogP contribution in [0.1, 0.15) is 11.1 Å². The van der Waals surface area contributed by atoms with Crippen LogP contribution < -0.4 is 14.8 Å². The van der Waals surface area contributed by atoms with Crippen molar-refractivity contribution in [2.75, 3.05) is 51.2 Å². The molecular formula is C24H31N3O4. The van der Waals surface area contributed by atoms with Gasteiger partial charge in [0.15, 0.2) is 17.6 Å². The Hall–Kier alpha value is -2.61. The maximum Gasteiger partial charge on any atom is 0.238 e. The zero-order chi connectivity index (χ0) is 21.8. The third-order valence-corrected chi connectivity index (χ3v) is 5.98. The Morgan fingerprint density at radius 3 is 2.39 bits per heavy atom. The second kappa shape index (κ2) is 9.68. The van der Waals surface area contributed by atoms with Crippen LogP contribution in [0.15, 0.2) is 42.5 Å². The van der Waals surface area contributed by atoms with Crippen LogP contribution in [0.4, 0.5) is 5.69 Å². The van der Waals surface area contributed by atoms with Crippen molar-refractivity contribution in [3.05, 3.63) is 53.6 Å². The first kappa shape index (κ1) is 21.6. The van der Waals surface area contributed by atoms with Crippen LogP contribution in [0.3, 0.4) is 0 Å². The number of ether oxygens (including phenoxy) is 2. The molecule has 1 saturated heterocycles. The van der Waals surface area contributed by atoms with E-state index < -0.39 is 6.10 Å². The van der Waals surface area contributed by atoms with Crippen molar-refractivity contribution in [2.45, 2.75) is 26.1 Å². The number of carbonyl (C=O) groups excluding carboxylic acids is 1. The Labute approximate surface area is 183 Å². The van der Waals surface area contributed by atoms with E-state index in [0.717, 1.165) is 48.7 Å². The van der Waals surface area contributed by atoms with Crippen molar-refractivity contribution in [3.63, 3.8) is 0 Å². The molecule has 1 amide bonds. The molecule has 2 aliphatic rings. The van der Waals surface area contributed by atoms with Gasteiger partial charge in [0, 0.05) is 38.4 Å². The molecule has 31 heavy (non-hydrogen) atoms. The maximum absolute atomic E-state index is 12.5. The van der Waals surface area contributed by atoms with Gasteiger partial charge < -0.3 is 19.9 Å². The number of aryl methyl sites for hydroxylation is 2. The lowest BCUT2D eigenvalue weighted by Gasteiger charge is -2.37. The van der Waals surface area contributed by atoms with Gasteiger partial charge in [-0.1, -0.05) is 30.3 Å². The Morgan fingerprint density at radius 1 is 1.03 bits per heavy atom. The normalized spacial score (nSPS) is 20.3. The number of β-amino-alcohol motifs (C(OH)–C–C–N with tert-alkyl or cyclic N) is 1. The lowest BCUT2D eigenvalue weighted by atomic mass is 10.1. The topological polar surface area (TPSA) is 74.3 Å². The molecule has 0 aromatic heterocycles. The van der Waals surface area contributed by atoms with Gasteiger partial charge in [0.2, 0.25) is 5.91 Å². The fourth-order valence-corrected chi connectivity index (χ4v) is 4.13. The molecular weight excluding hydrogens is 394 g/mol. The van der Waals surface area contributed by atoms with Gasteiger partial charge >= 0.3 is 0 Å². The lowest BCUT2D eigenvalue weighted by molar-refractivity contribution is -0.117. The number of hydrogen-bond acceptors (Lipinski definition) is 6. The van der Waals surface area contributed by atoms with Gasteiger partial charge in [0.05, 0.1) is 6.54 Å². The molecule has 2 unspecified atom stereocenters. The molecule has 7 nitrogen and oxygen atoms in total. The lowest BCUT2D eigenvalue weighted by Crippen LogP contribution is -2.53. The third-order valence-electron chi connectivity index (χ3n) is 5.98. The number of benzene rings is 2. The van der Waals surface area contributed by atoms with Crippen molar-refractivity contribution < 1.29 is 19.4 Å². The van der Waals surface area contributed by atoms with Gasteiger partial charge in [-0.2, -0.15) is 0 Å². The summed E-state index contributed by atoms with van der Waals surface area (Å²) in [7, 11) is 0. The maximum atomic E-state index is 12.5. The standard InChI is InChI=1S/C24H31N3O4/c1-17-6-5-7-18(2)24(17)25-23(29)15-27-12-10-26(11-13-27)14-19(28)22-16-30-20-8-3-4-9-21(20)31-22/h3-9,19,22,28H,10-16H2,1-2H3,(H,25,29). The van der Waals surface area contributed by atoms with Crippen LogP contribution in [-0.2, 0) is 4.79 Å². The van der Waals surface area contributed by atoms with E-state index in [-0.39, 0.29) is 12.0 Å². The number of aliphatic hydroxyl groups is 1. The predicted octanol–water partition coefficient (Wildman–Crippen LogP) is 2.06. The molecule has 0 bridgehead atoms. The number of nitrogens with zero attached hydrogens (tertiary/aromatic N) is 2. The smallest absolute Gasteiger partial charge is 0.238 e. The van der Waals surface area contributed by atoms with E-state index in [9.17, 15) is 9.90 Å². The SMILES string of the molecule is Cc1cccc(C)c1NC(=O)CN1CCN(CC(O)C2COc3ccccc3O2)CC1. The molecule has 2 aliphatic heterocycles. The molecule has 4 rings (SSSR count). The summed E-state index contributed by atoms with van der Waals surface area (Å²) in [4.78, 5) is 16.9. The van der Waals surface area contributed by atoms with E-state index in [1.165, 1.54) is 0 Å². The van der Waals surface area contributed by atoms with E-state index >= 15 is 0 Å². The van der Waals surface area contributed by atoms with Crippen molar-refractivity contribution in [1.82, 2.24) is 9.80 Å². The third kappa shape index (κ3) is 5.36. The molecule has 0 aliphatic carbocycles. The number of para-hydroxylation sites is 3. The highest BCUT2D eigenvalue weighted by molar-refractivity contribution is 5.93. The van der Waals surface area contributed by atoms with E-state index in [2.05, 4.69) is 15.1 Å². The highest BCUT2D eigenvalue weighted by Crippen LogP contribution is 2.31. The number of anilines is 1. The summed E-state index contributed by atoms with van der Waals surface area (Å²) in [5, 5.41) is 13.7. The second-order valence-corrected chi connectivity index (χ2v) is 8.37. The Morgan fingerprint density at radius 2 is 1.68 bits per heavy atom. The molecule has 2 aromatic carbocycles. The van der Waals surface area contributed by atoms with Gasteiger partial charge in [-0.25, -0.2) is 0 Å². The second-order valence-electron chi connectivity index (χ2n) is 8.37. The average molecular weight is 426 g/mol. The fourth-order valence-electron chi connectivity index (χ4n) is 4.13. The van der Waals surface area contributed by atoms with E-state index in [1.807, 2.05) is 56.3 Å². The summed E-state index contributed by atoms with van der Waals surface area (Å²) in [6.45, 7) is 8.44. The van der Waals surface area contributed by atoms with Gasteiger partial charge in [-0.3, -0.25) is 14.6 Å². The molecule has 0 saturated carbocycles. The predicted molar refractivity (Wildman–Crippen MR) is 120 cm³/mol. The molecule has 2 heterocycles. The molecule has 2 atom stereocenters. The summed E-state index contributed by atoms with van der Waals surface area (Å²) in [5.41, 5.74) is 3.05. The summed E-state index contributed by atoms with van der Waals surface area (Å²) < 4.78 is 11.6. The zero-order valence-corrected chi connectivity index (χ0v) is 18.2. The minimum Gasteiger partial charge on any atom is -0.486 e. The van der Waals surface area contributed by atoms with Crippen LogP contribution in [0.25, 0.3) is 0 Å². The van der Waals surface area contributed by atoms with Crippen molar-refractivity contribution in [3.8, 4) is 11.5 Å². The number of fused-ring (bicyclic) bond motifs is 1. The van der Waals surface area contributed by atoms with Crippen LogP contribution in [0.2, 0.25) is 0 Å². The zero-order valence-electron chi connectivity index (χ0n) is 18.2. The summed E-state index contributed by atoms with van der Waals surface area (Å²) >= 11 is 0. The van der Waals surface area contributed by atoms with E-state index in [1.54, 1.807) is 0 Å². The molecule has 1 fully saturated rings. The highest BCUT2D eigenvalue weighted by Gasteiger charge is 2.30. The number of hydrogen-bond donors (Lipinski definition) is 2. The summed E-state index contributed by atoms with van der Waals surface area (Å²) in [5.74, 6) is 1.41. The van der Waals surface area contributed by atoms with Crippen molar-refractivity contribution in [2.24, 2.45) is 0 Å². The fraction of sp³-hybridized carbons (Fsp3) is 0.458. The van der Waals surface area contributed by atoms with Crippen molar-refractivity contribution in [1.29, 1.82) is 0 Å². The molecule has 166 valence electrons. The van der Waals surface area contributed by atoms with Crippen molar-refractivity contribution >= 4 is 11.6 Å². The summed E-state index contributed by atoms with van der Waals surface area (Å²) in [6, 6.07) is 13.5. The monoisotopic (exact) mass is 425 g/mol. The molecule has 0 radical (unpaired) electrons. The molecule has 7 heteroatoms. The first-order valence-corrected chi connectivity index (χ1v) is 10.9. The van der Waals surface area contributed by atoms with Crippen LogP contribution in [0.5, 0.6) is 11.5 Å². The Kier molecular flexibility index (Phi) is 6.75. The first-order valence-electron chi connectivity index (χ1n) is 10.9. The molecule has 2 N–H and O–H groups in total. The summed E-state index contributed by atoms with van der Waals surface area (Å²) in [6.07, 6.45) is -1.01. The van der Waals surface area contributed by atoms with E-state index in [4.69, 9.17) is 9.47 Å². The average Bonchev–Trinajstić information content (AvgIpc) is 2.77. The number of amides is 1. The van der Waals surface area contributed by atoms with Crippen LogP contribution in [0, 0.1) is 13.8 Å². The number of carbonyl (C=O) groups is 1. The Bertz CT molecular complexity index is 891. The minimum atomic E-state index is -0.632. The van der Waals surface area contributed by atoms with Gasteiger partial charge in [-0.15, -0.1) is 0 Å². The largest absolute Gasteiger partial charge is 0.486 e. The Balaban J connectivity index is 1.21. The molecule has 0 spiro atoms. The minimum absolute atomic E-state index is 0.0114. The number of aliphatic hydroxyl groups excluding tert-OH is 1. The highest BCUT2D eigenvalue weighted by atomic mass is 16.6. The number of piperazine rings is 1. The molecule has 2 aromatic rings.